The van der Waals surface area contributed by atoms with E-state index in [0.717, 1.165) is 5.92 Å². The quantitative estimate of drug-likeness (QED) is 0.368. The smallest absolute Gasteiger partial charge is 0.0831 e. The van der Waals surface area contributed by atoms with Crippen molar-refractivity contribution >= 4 is 8.15 Å². The lowest BCUT2D eigenvalue weighted by atomic mass is 9.55. The molecule has 0 radical (unpaired) electrons. The maximum absolute atomic E-state index is 7.59. The highest BCUT2D eigenvalue weighted by Gasteiger charge is 2.84. The highest BCUT2D eigenvalue weighted by Crippen LogP contribution is 2.94. The molecule has 7 rings (SSSR count). The number of allylic oxidation sites excluding steroid dienone is 2. The van der Waals surface area contributed by atoms with E-state index in [4.69, 9.17) is 4.52 Å². The molecule has 2 saturated heterocycles. The molecule has 2 aromatic carbocycles. The van der Waals surface area contributed by atoms with Crippen LogP contribution < -0.4 is 0 Å². The topological polar surface area (TPSA) is 9.23 Å². The average molecular weight is 415 g/mol. The van der Waals surface area contributed by atoms with Gasteiger partial charge in [0.25, 0.3) is 0 Å². The first-order valence-electron chi connectivity index (χ1n) is 11.7. The second-order valence-electron chi connectivity index (χ2n) is 11.3. The van der Waals surface area contributed by atoms with Gasteiger partial charge in [0.1, 0.15) is 0 Å². The zero-order valence-corrected chi connectivity index (χ0v) is 19.2. The van der Waals surface area contributed by atoms with Gasteiger partial charge < -0.3 is 4.52 Å². The van der Waals surface area contributed by atoms with E-state index in [1.54, 1.807) is 0 Å². The molecule has 0 aromatic heterocycles. The van der Waals surface area contributed by atoms with Crippen molar-refractivity contribution in [1.29, 1.82) is 0 Å². The molecule has 0 amide bonds. The minimum absolute atomic E-state index is 0.0456. The molecule has 154 valence electrons. The molecule has 0 N–H and O–H groups in total. The third-order valence-electron chi connectivity index (χ3n) is 10.6. The normalized spacial score (nSPS) is 48.8. The van der Waals surface area contributed by atoms with E-state index < -0.39 is 8.15 Å². The van der Waals surface area contributed by atoms with E-state index in [2.05, 4.69) is 93.6 Å². The van der Waals surface area contributed by atoms with Crippen molar-refractivity contribution in [2.75, 3.05) is 0 Å². The van der Waals surface area contributed by atoms with Crippen molar-refractivity contribution < 1.29 is 4.52 Å². The fourth-order valence-electron chi connectivity index (χ4n) is 8.65. The molecule has 2 aromatic rings. The fourth-order valence-corrected chi connectivity index (χ4v) is 12.5. The predicted molar refractivity (Wildman–Crippen MR) is 123 cm³/mol. The minimum atomic E-state index is -0.657. The Morgan fingerprint density at radius 1 is 0.833 bits per heavy atom. The first-order chi connectivity index (χ1) is 14.4. The van der Waals surface area contributed by atoms with E-state index in [1.165, 1.54) is 36.8 Å². The highest BCUT2D eigenvalue weighted by molar-refractivity contribution is 7.57. The van der Waals surface area contributed by atoms with Crippen LogP contribution in [0.3, 0.4) is 0 Å². The van der Waals surface area contributed by atoms with Crippen LogP contribution in [0.2, 0.25) is 0 Å². The Kier molecular flexibility index (Phi) is 3.21. The maximum Gasteiger partial charge on any atom is 0.0831 e. The van der Waals surface area contributed by atoms with Crippen molar-refractivity contribution in [3.63, 3.8) is 0 Å². The monoisotopic (exact) mass is 414 g/mol. The van der Waals surface area contributed by atoms with Gasteiger partial charge in [0.15, 0.2) is 0 Å². The van der Waals surface area contributed by atoms with Gasteiger partial charge in [0.2, 0.25) is 0 Å². The second kappa shape index (κ2) is 5.31. The van der Waals surface area contributed by atoms with E-state index in [-0.39, 0.29) is 21.3 Å². The lowest BCUT2D eigenvalue weighted by Gasteiger charge is -2.54. The molecule has 2 heteroatoms. The van der Waals surface area contributed by atoms with Crippen LogP contribution in [0.4, 0.5) is 0 Å². The summed E-state index contributed by atoms with van der Waals surface area (Å²) >= 11 is 0. The van der Waals surface area contributed by atoms with E-state index in [1.807, 2.05) is 0 Å². The summed E-state index contributed by atoms with van der Waals surface area (Å²) in [5, 5.41) is 0.167. The summed E-state index contributed by atoms with van der Waals surface area (Å²) in [7, 11) is -0.657. The van der Waals surface area contributed by atoms with Crippen LogP contribution in [-0.4, -0.2) is 5.60 Å². The predicted octanol–water partition coefficient (Wildman–Crippen LogP) is 7.38. The number of hydrogen-bond acceptors (Lipinski definition) is 1. The van der Waals surface area contributed by atoms with Crippen molar-refractivity contribution in [3.05, 3.63) is 83.9 Å². The van der Waals surface area contributed by atoms with Crippen LogP contribution in [0.5, 0.6) is 0 Å². The molecule has 4 fully saturated rings. The third kappa shape index (κ3) is 1.65. The van der Waals surface area contributed by atoms with Gasteiger partial charge in [-0.25, -0.2) is 0 Å². The zero-order valence-electron chi connectivity index (χ0n) is 18.3. The minimum Gasteiger partial charge on any atom is -0.349 e. The molecule has 5 aliphatic rings. The van der Waals surface area contributed by atoms with Crippen molar-refractivity contribution in [3.8, 4) is 0 Å². The first-order valence-corrected chi connectivity index (χ1v) is 13.0. The number of rotatable bonds is 2. The summed E-state index contributed by atoms with van der Waals surface area (Å²) in [6.07, 6.45) is 10.4. The summed E-state index contributed by atoms with van der Waals surface area (Å²) in [4.78, 5) is 0. The largest absolute Gasteiger partial charge is 0.349 e. The second-order valence-corrected chi connectivity index (χ2v) is 13.6. The molecule has 6 bridgehead atoms. The molecule has 1 unspecified atom stereocenters. The number of hydrogen-bond donors (Lipinski definition) is 0. The van der Waals surface area contributed by atoms with Crippen LogP contribution in [0, 0.1) is 22.7 Å². The van der Waals surface area contributed by atoms with Gasteiger partial charge in [-0.15, -0.1) is 0 Å². The van der Waals surface area contributed by atoms with Gasteiger partial charge in [-0.1, -0.05) is 93.6 Å². The Labute approximate surface area is 181 Å². The van der Waals surface area contributed by atoms with E-state index in [9.17, 15) is 0 Å². The summed E-state index contributed by atoms with van der Waals surface area (Å²) < 4.78 is 7.59. The summed E-state index contributed by atoms with van der Waals surface area (Å²) in [6, 6.07) is 22.6. The van der Waals surface area contributed by atoms with E-state index >= 15 is 0 Å². The van der Waals surface area contributed by atoms with Gasteiger partial charge in [0, 0.05) is 11.3 Å². The Balaban J connectivity index is 1.45. The van der Waals surface area contributed by atoms with Crippen LogP contribution in [-0.2, 0) is 14.8 Å². The van der Waals surface area contributed by atoms with E-state index in [0.29, 0.717) is 11.3 Å². The van der Waals surface area contributed by atoms with Crippen molar-refractivity contribution in [1.82, 2.24) is 0 Å². The molecule has 1 nitrogen and oxygen atoms in total. The summed E-state index contributed by atoms with van der Waals surface area (Å²) in [5.41, 5.74) is 3.66. The Morgan fingerprint density at radius 3 is 2.10 bits per heavy atom. The van der Waals surface area contributed by atoms with Crippen molar-refractivity contribution in [2.45, 2.75) is 62.4 Å². The highest BCUT2D eigenvalue weighted by atomic mass is 31.1. The van der Waals surface area contributed by atoms with Gasteiger partial charge in [-0.05, 0) is 48.1 Å². The SMILES string of the molecule is CC1(C)[C@@H]2CC[C@@]1(C)[C@@]1(C2)OP2[C@]3(c4ccccc4)C=C[C@@]2(c2ccccc2)[C@H]1C3. The summed E-state index contributed by atoms with van der Waals surface area (Å²) in [6.45, 7) is 7.67. The number of benzene rings is 2. The standard InChI is InChI=1S/C28H31OP/c1-24(2)22-14-15-25(24,3)28(18-22)23-19-26(20-10-6-4-7-11-20)16-17-27(23,30(26)29-28)21-12-8-5-9-13-21/h4-13,16-17,22-23H,14-15,18-19H2,1-3H3/t22-,23-,25-,26-,27-,28+,30?/m1/s1. The van der Waals surface area contributed by atoms with Gasteiger partial charge in [-0.2, -0.15) is 0 Å². The molecule has 2 aliphatic carbocycles. The molecule has 30 heavy (non-hydrogen) atoms. The van der Waals surface area contributed by atoms with Gasteiger partial charge >= 0.3 is 0 Å². The molecule has 7 atom stereocenters. The van der Waals surface area contributed by atoms with Crippen molar-refractivity contribution in [2.24, 2.45) is 22.7 Å². The lowest BCUT2D eigenvalue weighted by molar-refractivity contribution is -0.102. The third-order valence-corrected chi connectivity index (χ3v) is 13.8. The fraction of sp³-hybridized carbons (Fsp3) is 0.500. The molecular weight excluding hydrogens is 383 g/mol. The summed E-state index contributed by atoms with van der Waals surface area (Å²) in [5.74, 6) is 1.39. The lowest BCUT2D eigenvalue weighted by Crippen LogP contribution is -2.55. The van der Waals surface area contributed by atoms with Crippen LogP contribution in [0.25, 0.3) is 0 Å². The first kappa shape index (κ1) is 18.2. The molecule has 3 aliphatic heterocycles. The van der Waals surface area contributed by atoms with Crippen LogP contribution >= 0.6 is 8.15 Å². The van der Waals surface area contributed by atoms with Gasteiger partial charge in [-0.3, -0.25) is 0 Å². The molecule has 2 saturated carbocycles. The molecular formula is C28H31OP. The zero-order chi connectivity index (χ0) is 20.4. The average Bonchev–Trinajstić information content (AvgIpc) is 3.46. The molecule has 1 spiro atoms. The Bertz CT molecular complexity index is 1060. The molecule has 3 heterocycles. The number of fused-ring (bicyclic) bond motifs is 4. The maximum atomic E-state index is 7.59. The Morgan fingerprint density at radius 2 is 1.50 bits per heavy atom. The van der Waals surface area contributed by atoms with Gasteiger partial charge in [0.05, 0.1) is 24.1 Å². The van der Waals surface area contributed by atoms with Crippen LogP contribution in [0.15, 0.2) is 72.8 Å². The van der Waals surface area contributed by atoms with Crippen LogP contribution in [0.1, 0.15) is 57.6 Å². The Hall–Kier alpha value is -1.43.